The van der Waals surface area contributed by atoms with Gasteiger partial charge in [-0.3, -0.25) is 10.1 Å². The van der Waals surface area contributed by atoms with Crippen molar-refractivity contribution in [1.29, 1.82) is 0 Å². The molecule has 0 fully saturated rings. The number of nitro benzene ring substituents is 1. The van der Waals surface area contributed by atoms with Crippen molar-refractivity contribution in [2.45, 2.75) is 6.92 Å². The van der Waals surface area contributed by atoms with E-state index < -0.39 is 0 Å². The first-order chi connectivity index (χ1) is 10.6. The molecule has 0 amide bonds. The standard InChI is InChI=1S/C18H14N2O2/c1-13-6-7-14(12-18(13)20(21)22)8-10-16-11-9-15-4-2-3-5-17(15)19-16/h2-12H,1H3/b10-8+. The summed E-state index contributed by atoms with van der Waals surface area (Å²) in [5.74, 6) is 0. The Bertz CT molecular complexity index is 885. The Morgan fingerprint density at radius 1 is 1.05 bits per heavy atom. The molecule has 108 valence electrons. The first kappa shape index (κ1) is 13.9. The van der Waals surface area contributed by atoms with Crippen molar-refractivity contribution in [2.24, 2.45) is 0 Å². The molecule has 0 N–H and O–H groups in total. The number of rotatable bonds is 3. The monoisotopic (exact) mass is 290 g/mol. The quantitative estimate of drug-likeness (QED) is 0.522. The Hall–Kier alpha value is -3.01. The first-order valence-corrected chi connectivity index (χ1v) is 6.92. The van der Waals surface area contributed by atoms with Gasteiger partial charge in [0, 0.05) is 17.0 Å². The summed E-state index contributed by atoms with van der Waals surface area (Å²) in [6.07, 6.45) is 3.70. The number of aryl methyl sites for hydroxylation is 1. The van der Waals surface area contributed by atoms with Crippen molar-refractivity contribution in [1.82, 2.24) is 4.98 Å². The van der Waals surface area contributed by atoms with Crippen LogP contribution in [-0.2, 0) is 0 Å². The van der Waals surface area contributed by atoms with Gasteiger partial charge in [0.1, 0.15) is 0 Å². The zero-order valence-corrected chi connectivity index (χ0v) is 12.1. The maximum absolute atomic E-state index is 11.0. The molecule has 0 radical (unpaired) electrons. The van der Waals surface area contributed by atoms with Crippen LogP contribution in [0.4, 0.5) is 5.69 Å². The fourth-order valence-corrected chi connectivity index (χ4v) is 2.28. The van der Waals surface area contributed by atoms with Crippen LogP contribution in [0, 0.1) is 17.0 Å². The molecule has 1 heterocycles. The average Bonchev–Trinajstić information content (AvgIpc) is 2.53. The average molecular weight is 290 g/mol. The fraction of sp³-hybridized carbons (Fsp3) is 0.0556. The van der Waals surface area contributed by atoms with Gasteiger partial charge in [0.25, 0.3) is 5.69 Å². The third-order valence-electron chi connectivity index (χ3n) is 3.50. The van der Waals surface area contributed by atoms with Crippen LogP contribution in [0.15, 0.2) is 54.6 Å². The van der Waals surface area contributed by atoms with Gasteiger partial charge in [-0.05, 0) is 30.7 Å². The highest BCUT2D eigenvalue weighted by atomic mass is 16.6. The van der Waals surface area contributed by atoms with Gasteiger partial charge in [-0.2, -0.15) is 0 Å². The lowest BCUT2D eigenvalue weighted by Crippen LogP contribution is -1.91. The number of nitrogens with zero attached hydrogens (tertiary/aromatic N) is 2. The smallest absolute Gasteiger partial charge is 0.258 e. The van der Waals surface area contributed by atoms with Crippen LogP contribution < -0.4 is 0 Å². The van der Waals surface area contributed by atoms with Crippen LogP contribution in [0.5, 0.6) is 0 Å². The Morgan fingerprint density at radius 3 is 2.68 bits per heavy atom. The number of para-hydroxylation sites is 1. The van der Waals surface area contributed by atoms with Gasteiger partial charge >= 0.3 is 0 Å². The second-order valence-electron chi connectivity index (χ2n) is 5.07. The van der Waals surface area contributed by atoms with E-state index in [0.717, 1.165) is 22.2 Å². The second kappa shape index (κ2) is 5.77. The first-order valence-electron chi connectivity index (χ1n) is 6.92. The van der Waals surface area contributed by atoms with Gasteiger partial charge < -0.3 is 0 Å². The molecule has 0 atom stereocenters. The molecule has 3 aromatic rings. The van der Waals surface area contributed by atoms with E-state index in [1.165, 1.54) is 0 Å². The van der Waals surface area contributed by atoms with E-state index in [4.69, 9.17) is 0 Å². The summed E-state index contributed by atoms with van der Waals surface area (Å²) >= 11 is 0. The van der Waals surface area contributed by atoms with Crippen LogP contribution in [0.1, 0.15) is 16.8 Å². The summed E-state index contributed by atoms with van der Waals surface area (Å²) in [6, 6.07) is 17.0. The van der Waals surface area contributed by atoms with E-state index in [2.05, 4.69) is 4.98 Å². The van der Waals surface area contributed by atoms with E-state index in [9.17, 15) is 10.1 Å². The highest BCUT2D eigenvalue weighted by Crippen LogP contribution is 2.21. The van der Waals surface area contributed by atoms with Crippen LogP contribution in [-0.4, -0.2) is 9.91 Å². The van der Waals surface area contributed by atoms with Crippen LogP contribution >= 0.6 is 0 Å². The molecule has 4 nitrogen and oxygen atoms in total. The van der Waals surface area contributed by atoms with Gasteiger partial charge in [-0.25, -0.2) is 4.98 Å². The summed E-state index contributed by atoms with van der Waals surface area (Å²) in [6.45, 7) is 1.73. The Kier molecular flexibility index (Phi) is 3.66. The number of hydrogen-bond donors (Lipinski definition) is 0. The molecule has 0 saturated carbocycles. The summed E-state index contributed by atoms with van der Waals surface area (Å²) in [7, 11) is 0. The summed E-state index contributed by atoms with van der Waals surface area (Å²) in [4.78, 5) is 15.1. The molecule has 22 heavy (non-hydrogen) atoms. The third kappa shape index (κ3) is 2.86. The lowest BCUT2D eigenvalue weighted by Gasteiger charge is -2.00. The topological polar surface area (TPSA) is 56.0 Å². The molecular weight excluding hydrogens is 276 g/mol. The number of fused-ring (bicyclic) bond motifs is 1. The van der Waals surface area contributed by atoms with Crippen molar-refractivity contribution < 1.29 is 4.92 Å². The summed E-state index contributed by atoms with van der Waals surface area (Å²) in [5, 5.41) is 12.1. The predicted octanol–water partition coefficient (Wildman–Crippen LogP) is 4.62. The second-order valence-corrected chi connectivity index (χ2v) is 5.07. The highest BCUT2D eigenvalue weighted by Gasteiger charge is 2.09. The van der Waals surface area contributed by atoms with E-state index in [0.29, 0.717) is 5.56 Å². The molecule has 0 saturated heterocycles. The molecule has 0 aliphatic carbocycles. The third-order valence-corrected chi connectivity index (χ3v) is 3.50. The zero-order valence-electron chi connectivity index (χ0n) is 12.1. The summed E-state index contributed by atoms with van der Waals surface area (Å²) in [5.41, 5.74) is 3.33. The van der Waals surface area contributed by atoms with Crippen LogP contribution in [0.3, 0.4) is 0 Å². The van der Waals surface area contributed by atoms with Gasteiger partial charge in [0.15, 0.2) is 0 Å². The van der Waals surface area contributed by atoms with Crippen molar-refractivity contribution in [3.8, 4) is 0 Å². The van der Waals surface area contributed by atoms with Gasteiger partial charge in [0.05, 0.1) is 16.1 Å². The molecule has 0 aliphatic heterocycles. The van der Waals surface area contributed by atoms with E-state index >= 15 is 0 Å². The number of pyridine rings is 1. The van der Waals surface area contributed by atoms with Gasteiger partial charge in [-0.15, -0.1) is 0 Å². The van der Waals surface area contributed by atoms with E-state index in [-0.39, 0.29) is 10.6 Å². The number of hydrogen-bond acceptors (Lipinski definition) is 3. The van der Waals surface area contributed by atoms with Gasteiger partial charge in [0.2, 0.25) is 0 Å². The molecule has 3 rings (SSSR count). The molecule has 0 aliphatic rings. The molecule has 2 aromatic carbocycles. The molecule has 4 heteroatoms. The van der Waals surface area contributed by atoms with Crippen molar-refractivity contribution in [3.05, 3.63) is 81.5 Å². The molecular formula is C18H14N2O2. The normalized spacial score (nSPS) is 11.1. The minimum Gasteiger partial charge on any atom is -0.258 e. The van der Waals surface area contributed by atoms with Crippen molar-refractivity contribution >= 4 is 28.7 Å². The van der Waals surface area contributed by atoms with E-state index in [1.54, 1.807) is 19.1 Å². The number of aromatic nitrogens is 1. The zero-order chi connectivity index (χ0) is 15.5. The molecule has 0 unspecified atom stereocenters. The largest absolute Gasteiger partial charge is 0.272 e. The Labute approximate surface area is 127 Å². The lowest BCUT2D eigenvalue weighted by molar-refractivity contribution is -0.385. The summed E-state index contributed by atoms with van der Waals surface area (Å²) < 4.78 is 0. The van der Waals surface area contributed by atoms with Gasteiger partial charge in [-0.1, -0.05) is 42.5 Å². The molecule has 0 bridgehead atoms. The highest BCUT2D eigenvalue weighted by molar-refractivity contribution is 5.80. The van der Waals surface area contributed by atoms with Crippen molar-refractivity contribution in [3.63, 3.8) is 0 Å². The molecule has 1 aromatic heterocycles. The fourth-order valence-electron chi connectivity index (χ4n) is 2.28. The SMILES string of the molecule is Cc1ccc(/C=C/c2ccc3ccccc3n2)cc1[N+](=O)[O-]. The molecule has 0 spiro atoms. The van der Waals surface area contributed by atoms with Crippen LogP contribution in [0.2, 0.25) is 0 Å². The number of benzene rings is 2. The Morgan fingerprint density at radius 2 is 1.86 bits per heavy atom. The number of nitro groups is 1. The van der Waals surface area contributed by atoms with Crippen LogP contribution in [0.25, 0.3) is 23.1 Å². The Balaban J connectivity index is 1.92. The minimum atomic E-state index is -0.360. The van der Waals surface area contributed by atoms with Crippen molar-refractivity contribution in [2.75, 3.05) is 0 Å². The lowest BCUT2D eigenvalue weighted by atomic mass is 10.1. The minimum absolute atomic E-state index is 0.133. The van der Waals surface area contributed by atoms with E-state index in [1.807, 2.05) is 54.6 Å². The maximum Gasteiger partial charge on any atom is 0.272 e. The predicted molar refractivity (Wildman–Crippen MR) is 88.5 cm³/mol. The maximum atomic E-state index is 11.0.